The fourth-order valence-electron chi connectivity index (χ4n) is 2.55. The molecular formula is C15H19NO5S. The van der Waals surface area contributed by atoms with E-state index in [9.17, 15) is 23.1 Å². The normalized spacial score (nSPS) is 19.8. The van der Waals surface area contributed by atoms with E-state index in [0.29, 0.717) is 24.9 Å². The lowest BCUT2D eigenvalue weighted by atomic mass is 10.0. The van der Waals surface area contributed by atoms with Crippen molar-refractivity contribution in [2.75, 3.05) is 19.7 Å². The van der Waals surface area contributed by atoms with E-state index in [4.69, 9.17) is 0 Å². The molecule has 1 fully saturated rings. The summed E-state index contributed by atoms with van der Waals surface area (Å²) in [6.45, 7) is 0.723. The van der Waals surface area contributed by atoms with Gasteiger partial charge >= 0.3 is 0 Å². The number of sulfonamides is 1. The van der Waals surface area contributed by atoms with Crippen LogP contribution in [0, 0.1) is 5.92 Å². The van der Waals surface area contributed by atoms with Gasteiger partial charge in [0.05, 0.1) is 11.3 Å². The zero-order chi connectivity index (χ0) is 16.2. The molecule has 2 rings (SSSR count). The molecular weight excluding hydrogens is 306 g/mol. The molecule has 1 N–H and O–H groups in total. The Kier molecular flexibility index (Phi) is 5.44. The van der Waals surface area contributed by atoms with E-state index in [1.165, 1.54) is 28.6 Å². The summed E-state index contributed by atoms with van der Waals surface area (Å²) in [4.78, 5) is 22.0. The molecule has 7 heteroatoms. The average Bonchev–Trinajstić information content (AvgIpc) is 2.55. The highest BCUT2D eigenvalue weighted by Crippen LogP contribution is 2.23. The van der Waals surface area contributed by atoms with Crippen molar-refractivity contribution in [2.24, 2.45) is 5.92 Å². The van der Waals surface area contributed by atoms with E-state index in [1.54, 1.807) is 0 Å². The van der Waals surface area contributed by atoms with Gasteiger partial charge in [0.2, 0.25) is 10.0 Å². The number of aliphatic hydroxyl groups excluding tert-OH is 1. The number of carbonyl (C=O) groups excluding carboxylic acids is 2. The first-order valence-electron chi connectivity index (χ1n) is 7.17. The number of nitrogens with zero attached hydrogens (tertiary/aromatic N) is 1. The van der Waals surface area contributed by atoms with Crippen LogP contribution in [-0.2, 0) is 14.8 Å². The molecule has 0 bridgehead atoms. The second-order valence-corrected chi connectivity index (χ2v) is 7.31. The predicted molar refractivity (Wildman–Crippen MR) is 80.0 cm³/mol. The monoisotopic (exact) mass is 325 g/mol. The van der Waals surface area contributed by atoms with Crippen LogP contribution in [0.3, 0.4) is 0 Å². The van der Waals surface area contributed by atoms with Crippen LogP contribution in [0.4, 0.5) is 0 Å². The molecule has 6 nitrogen and oxygen atoms in total. The van der Waals surface area contributed by atoms with Crippen molar-refractivity contribution in [3.8, 4) is 0 Å². The van der Waals surface area contributed by atoms with Crippen LogP contribution in [0.25, 0.3) is 0 Å². The van der Waals surface area contributed by atoms with Gasteiger partial charge in [-0.25, -0.2) is 8.42 Å². The fraction of sp³-hybridized carbons (Fsp3) is 0.467. The highest BCUT2D eigenvalue weighted by Gasteiger charge is 2.29. The van der Waals surface area contributed by atoms with Gasteiger partial charge in [-0.2, -0.15) is 4.31 Å². The van der Waals surface area contributed by atoms with E-state index >= 15 is 0 Å². The first kappa shape index (κ1) is 16.8. The van der Waals surface area contributed by atoms with Gasteiger partial charge in [0.25, 0.3) is 0 Å². The third-order valence-electron chi connectivity index (χ3n) is 3.82. The van der Waals surface area contributed by atoms with Gasteiger partial charge < -0.3 is 9.90 Å². The van der Waals surface area contributed by atoms with Crippen molar-refractivity contribution in [1.29, 1.82) is 0 Å². The number of benzene rings is 1. The second kappa shape index (κ2) is 7.13. The Balaban J connectivity index is 2.19. The number of carbonyl (C=O) groups is 2. The number of ketones is 1. The molecule has 0 radical (unpaired) electrons. The summed E-state index contributed by atoms with van der Waals surface area (Å²) in [5, 5.41) is 9.21. The minimum absolute atomic E-state index is 0.0227. The molecule has 1 heterocycles. The van der Waals surface area contributed by atoms with Gasteiger partial charge in [-0.15, -0.1) is 0 Å². The van der Waals surface area contributed by atoms with Crippen molar-refractivity contribution in [2.45, 2.75) is 24.2 Å². The van der Waals surface area contributed by atoms with Crippen LogP contribution in [-0.4, -0.2) is 49.6 Å². The number of Topliss-reactive ketones (excluding diaryl/α,β-unsaturated/α-hetero) is 1. The number of hydrogen-bond donors (Lipinski definition) is 1. The van der Waals surface area contributed by atoms with E-state index in [-0.39, 0.29) is 29.6 Å². The summed E-state index contributed by atoms with van der Waals surface area (Å²) in [5.41, 5.74) is 0.318. The average molecular weight is 325 g/mol. The maximum Gasteiger partial charge on any atom is 0.243 e. The molecule has 1 unspecified atom stereocenters. The zero-order valence-corrected chi connectivity index (χ0v) is 13.0. The van der Waals surface area contributed by atoms with Crippen molar-refractivity contribution < 1.29 is 23.1 Å². The second-order valence-electron chi connectivity index (χ2n) is 5.37. The lowest BCUT2D eigenvalue weighted by Gasteiger charge is -2.30. The minimum atomic E-state index is -3.62. The molecule has 0 aromatic heterocycles. The lowest BCUT2D eigenvalue weighted by molar-refractivity contribution is -0.107. The maximum absolute atomic E-state index is 12.6. The van der Waals surface area contributed by atoms with E-state index < -0.39 is 10.0 Å². The summed E-state index contributed by atoms with van der Waals surface area (Å²) in [6.07, 6.45) is 1.86. The van der Waals surface area contributed by atoms with Crippen molar-refractivity contribution in [3.63, 3.8) is 0 Å². The van der Waals surface area contributed by atoms with Gasteiger partial charge in [0.1, 0.15) is 6.29 Å². The highest BCUT2D eigenvalue weighted by molar-refractivity contribution is 7.89. The van der Waals surface area contributed by atoms with Gasteiger partial charge in [-0.05, 0) is 30.9 Å². The summed E-state index contributed by atoms with van der Waals surface area (Å²) in [6, 6.07) is 5.62. The van der Waals surface area contributed by atoms with Gasteiger partial charge in [0.15, 0.2) is 5.78 Å². The van der Waals surface area contributed by atoms with Crippen LogP contribution in [0.15, 0.2) is 29.2 Å². The molecule has 0 aliphatic carbocycles. The summed E-state index contributed by atoms with van der Waals surface area (Å²) >= 11 is 0. The first-order chi connectivity index (χ1) is 10.5. The van der Waals surface area contributed by atoms with Crippen LogP contribution in [0.2, 0.25) is 0 Å². The number of hydrogen-bond acceptors (Lipinski definition) is 5. The first-order valence-corrected chi connectivity index (χ1v) is 8.61. The van der Waals surface area contributed by atoms with Crippen LogP contribution < -0.4 is 0 Å². The molecule has 0 saturated carbocycles. The van der Waals surface area contributed by atoms with Crippen molar-refractivity contribution in [3.05, 3.63) is 29.8 Å². The Morgan fingerprint density at radius 1 is 1.32 bits per heavy atom. The quantitative estimate of drug-likeness (QED) is 0.476. The molecule has 1 aliphatic rings. The molecule has 1 aliphatic heterocycles. The molecule has 1 aromatic rings. The largest absolute Gasteiger partial charge is 0.396 e. The summed E-state index contributed by atoms with van der Waals surface area (Å²) in [7, 11) is -3.62. The molecule has 0 amide bonds. The molecule has 1 atom stereocenters. The molecule has 120 valence electrons. The standard InChI is InChI=1S/C15H19NO5S/c17-9-7-15(19)13-3-5-14(6-4-13)22(20,21)16-8-1-2-12(10-16)11-18/h3-6,9,12,18H,1-2,7-8,10-11H2. The number of piperidine rings is 1. The van der Waals surface area contributed by atoms with Gasteiger partial charge in [0, 0.05) is 25.3 Å². The molecule has 1 aromatic carbocycles. The third kappa shape index (κ3) is 3.60. The Hall–Kier alpha value is -1.57. The Bertz CT molecular complexity index is 638. The molecule has 0 spiro atoms. The topological polar surface area (TPSA) is 91.8 Å². The third-order valence-corrected chi connectivity index (χ3v) is 5.70. The lowest BCUT2D eigenvalue weighted by Crippen LogP contribution is -2.40. The van der Waals surface area contributed by atoms with Crippen molar-refractivity contribution >= 4 is 22.1 Å². The summed E-state index contributed by atoms with van der Waals surface area (Å²) in [5.74, 6) is -0.366. The van der Waals surface area contributed by atoms with Gasteiger partial charge in [-0.3, -0.25) is 4.79 Å². The van der Waals surface area contributed by atoms with E-state index in [1.807, 2.05) is 0 Å². The van der Waals surface area contributed by atoms with Crippen LogP contribution in [0.5, 0.6) is 0 Å². The Morgan fingerprint density at radius 3 is 2.59 bits per heavy atom. The minimum Gasteiger partial charge on any atom is -0.396 e. The maximum atomic E-state index is 12.6. The highest BCUT2D eigenvalue weighted by atomic mass is 32.2. The smallest absolute Gasteiger partial charge is 0.243 e. The number of aliphatic hydroxyl groups is 1. The van der Waals surface area contributed by atoms with E-state index in [2.05, 4.69) is 0 Å². The SMILES string of the molecule is O=CCC(=O)c1ccc(S(=O)(=O)N2CCCC(CO)C2)cc1. The summed E-state index contributed by atoms with van der Waals surface area (Å²) < 4.78 is 26.5. The zero-order valence-electron chi connectivity index (χ0n) is 12.1. The Labute approximate surface area is 129 Å². The van der Waals surface area contributed by atoms with Crippen molar-refractivity contribution in [1.82, 2.24) is 4.31 Å². The van der Waals surface area contributed by atoms with Crippen LogP contribution in [0.1, 0.15) is 29.6 Å². The number of rotatable bonds is 6. The Morgan fingerprint density at radius 2 is 2.00 bits per heavy atom. The van der Waals surface area contributed by atoms with Crippen LogP contribution >= 0.6 is 0 Å². The van der Waals surface area contributed by atoms with E-state index in [0.717, 1.165) is 12.8 Å². The fourth-order valence-corrected chi connectivity index (χ4v) is 4.10. The number of aldehydes is 1. The molecule has 1 saturated heterocycles. The predicted octanol–water partition coefficient (Wildman–Crippen LogP) is 0.851. The van der Waals surface area contributed by atoms with Gasteiger partial charge in [-0.1, -0.05) is 12.1 Å². The molecule has 22 heavy (non-hydrogen) atoms.